The van der Waals surface area contributed by atoms with Gasteiger partial charge in [-0.3, -0.25) is 9.59 Å². The molecule has 1 saturated carbocycles. The number of nitrogens with zero attached hydrogens (tertiary/aromatic N) is 1. The van der Waals surface area contributed by atoms with Gasteiger partial charge in [0.15, 0.2) is 0 Å². The molecule has 4 nitrogen and oxygen atoms in total. The predicted octanol–water partition coefficient (Wildman–Crippen LogP) is 1.13. The first kappa shape index (κ1) is 11.8. The van der Waals surface area contributed by atoms with Crippen LogP contribution in [-0.4, -0.2) is 35.5 Å². The lowest BCUT2D eigenvalue weighted by atomic mass is 10.2. The molecule has 0 spiro atoms. The third-order valence-electron chi connectivity index (χ3n) is 2.70. The highest BCUT2D eigenvalue weighted by Crippen LogP contribution is 2.39. The number of hydrogen-bond donors (Lipinski definition) is 1. The zero-order valence-corrected chi connectivity index (χ0v) is 8.98. The average Bonchev–Trinajstić information content (AvgIpc) is 2.96. The molecular weight excluding hydrogens is 194 g/mol. The molecule has 2 unspecified atom stereocenters. The Bertz CT molecular complexity index is 275. The number of carbonyl (C=O) groups excluding carboxylic acids is 1. The van der Waals surface area contributed by atoms with Gasteiger partial charge in [0.25, 0.3) is 0 Å². The Kier molecular flexibility index (Phi) is 3.88. The second kappa shape index (κ2) is 4.96. The number of carboxylic acids is 1. The van der Waals surface area contributed by atoms with E-state index in [0.29, 0.717) is 13.0 Å². The molecule has 2 atom stereocenters. The Labute approximate surface area is 89.6 Å². The molecule has 0 radical (unpaired) electrons. The molecule has 4 heteroatoms. The summed E-state index contributed by atoms with van der Waals surface area (Å²) in [6.07, 6.45) is 4.08. The fraction of sp³-hybridized carbons (Fsp3) is 0.636. The summed E-state index contributed by atoms with van der Waals surface area (Å²) < 4.78 is 0. The van der Waals surface area contributed by atoms with Gasteiger partial charge in [-0.1, -0.05) is 6.08 Å². The number of aliphatic carboxylic acids is 1. The summed E-state index contributed by atoms with van der Waals surface area (Å²) in [6, 6.07) is 0. The topological polar surface area (TPSA) is 57.6 Å². The van der Waals surface area contributed by atoms with Crippen molar-refractivity contribution in [1.82, 2.24) is 4.90 Å². The van der Waals surface area contributed by atoms with Crippen molar-refractivity contribution in [1.29, 1.82) is 0 Å². The molecule has 0 bridgehead atoms. The maximum atomic E-state index is 11.7. The van der Waals surface area contributed by atoms with E-state index in [-0.39, 0.29) is 11.8 Å². The van der Waals surface area contributed by atoms with Crippen LogP contribution in [0.3, 0.4) is 0 Å². The second-order valence-corrected chi connectivity index (χ2v) is 3.98. The van der Waals surface area contributed by atoms with Gasteiger partial charge >= 0.3 is 5.97 Å². The molecular formula is C11H17NO3. The van der Waals surface area contributed by atoms with Crippen molar-refractivity contribution in [3.8, 4) is 0 Å². The first-order chi connectivity index (χ1) is 7.07. The number of amides is 1. The normalized spacial score (nSPS) is 23.3. The zero-order valence-electron chi connectivity index (χ0n) is 8.98. The number of hydrogen-bond acceptors (Lipinski definition) is 2. The summed E-state index contributed by atoms with van der Waals surface area (Å²) in [4.78, 5) is 23.8. The lowest BCUT2D eigenvalue weighted by molar-refractivity contribution is -0.141. The van der Waals surface area contributed by atoms with Crippen molar-refractivity contribution in [2.75, 3.05) is 13.6 Å². The van der Waals surface area contributed by atoms with E-state index in [2.05, 4.69) is 6.58 Å². The highest BCUT2D eigenvalue weighted by molar-refractivity contribution is 5.89. The van der Waals surface area contributed by atoms with Crippen LogP contribution in [0.1, 0.15) is 19.3 Å². The maximum Gasteiger partial charge on any atom is 0.307 e. The number of carboxylic acid groups (broad SMARTS) is 1. The Morgan fingerprint density at radius 2 is 2.20 bits per heavy atom. The summed E-state index contributed by atoms with van der Waals surface area (Å²) >= 11 is 0. The first-order valence-corrected chi connectivity index (χ1v) is 5.16. The van der Waals surface area contributed by atoms with Crippen LogP contribution >= 0.6 is 0 Å². The lowest BCUT2D eigenvalue weighted by Crippen LogP contribution is -2.30. The van der Waals surface area contributed by atoms with Gasteiger partial charge in [0.1, 0.15) is 0 Å². The highest BCUT2D eigenvalue weighted by Gasteiger charge is 2.49. The molecule has 1 N–H and O–H groups in total. The van der Waals surface area contributed by atoms with E-state index in [4.69, 9.17) is 5.11 Å². The maximum absolute atomic E-state index is 11.7. The Morgan fingerprint density at radius 3 is 2.67 bits per heavy atom. The zero-order chi connectivity index (χ0) is 11.4. The number of unbranched alkanes of at least 4 members (excludes halogenated alkanes) is 1. The number of rotatable bonds is 6. The van der Waals surface area contributed by atoms with Crippen molar-refractivity contribution in [3.63, 3.8) is 0 Å². The van der Waals surface area contributed by atoms with E-state index in [0.717, 1.165) is 12.8 Å². The molecule has 0 aromatic heterocycles. The van der Waals surface area contributed by atoms with Crippen LogP contribution in [-0.2, 0) is 9.59 Å². The van der Waals surface area contributed by atoms with E-state index in [1.54, 1.807) is 11.9 Å². The SMILES string of the molecule is C=CCCCN(C)C(=O)C1CC1C(=O)O. The monoisotopic (exact) mass is 211 g/mol. The van der Waals surface area contributed by atoms with Crippen molar-refractivity contribution in [2.24, 2.45) is 11.8 Å². The molecule has 84 valence electrons. The molecule has 0 aliphatic heterocycles. The summed E-state index contributed by atoms with van der Waals surface area (Å²) in [5.41, 5.74) is 0. The van der Waals surface area contributed by atoms with E-state index >= 15 is 0 Å². The molecule has 1 aliphatic carbocycles. The third-order valence-corrected chi connectivity index (χ3v) is 2.70. The van der Waals surface area contributed by atoms with Crippen LogP contribution in [0.15, 0.2) is 12.7 Å². The fourth-order valence-corrected chi connectivity index (χ4v) is 1.61. The molecule has 0 aromatic rings. The van der Waals surface area contributed by atoms with Crippen LogP contribution in [0, 0.1) is 11.8 Å². The molecule has 15 heavy (non-hydrogen) atoms. The summed E-state index contributed by atoms with van der Waals surface area (Å²) in [5, 5.41) is 8.68. The van der Waals surface area contributed by atoms with E-state index < -0.39 is 11.9 Å². The van der Waals surface area contributed by atoms with E-state index in [1.807, 2.05) is 6.08 Å². The van der Waals surface area contributed by atoms with E-state index in [1.165, 1.54) is 0 Å². The van der Waals surface area contributed by atoms with Gasteiger partial charge in [-0.05, 0) is 19.3 Å². The molecule has 1 rings (SSSR count). The van der Waals surface area contributed by atoms with Gasteiger partial charge in [-0.15, -0.1) is 6.58 Å². The van der Waals surface area contributed by atoms with Crippen LogP contribution in [0.25, 0.3) is 0 Å². The van der Waals surface area contributed by atoms with Gasteiger partial charge in [-0.25, -0.2) is 0 Å². The predicted molar refractivity (Wildman–Crippen MR) is 56.3 cm³/mol. The molecule has 0 heterocycles. The first-order valence-electron chi connectivity index (χ1n) is 5.16. The second-order valence-electron chi connectivity index (χ2n) is 3.98. The Balaban J connectivity index is 2.29. The molecule has 0 aromatic carbocycles. The van der Waals surface area contributed by atoms with Crippen molar-refractivity contribution < 1.29 is 14.7 Å². The Morgan fingerprint density at radius 1 is 1.53 bits per heavy atom. The van der Waals surface area contributed by atoms with Gasteiger partial charge in [-0.2, -0.15) is 0 Å². The molecule has 1 aliphatic rings. The van der Waals surface area contributed by atoms with Crippen LogP contribution in [0.4, 0.5) is 0 Å². The van der Waals surface area contributed by atoms with Gasteiger partial charge in [0, 0.05) is 13.6 Å². The average molecular weight is 211 g/mol. The minimum Gasteiger partial charge on any atom is -0.481 e. The van der Waals surface area contributed by atoms with E-state index in [9.17, 15) is 9.59 Å². The van der Waals surface area contributed by atoms with Gasteiger partial charge < -0.3 is 10.0 Å². The molecule has 0 saturated heterocycles. The molecule has 1 amide bonds. The number of carbonyl (C=O) groups is 2. The van der Waals surface area contributed by atoms with Crippen LogP contribution in [0.2, 0.25) is 0 Å². The fourth-order valence-electron chi connectivity index (χ4n) is 1.61. The van der Waals surface area contributed by atoms with Crippen molar-refractivity contribution in [2.45, 2.75) is 19.3 Å². The quantitative estimate of drug-likeness (QED) is 0.529. The summed E-state index contributed by atoms with van der Waals surface area (Å²) in [6.45, 7) is 4.28. The summed E-state index contributed by atoms with van der Waals surface area (Å²) in [7, 11) is 1.72. The molecule has 1 fully saturated rings. The lowest BCUT2D eigenvalue weighted by Gasteiger charge is -2.16. The standard InChI is InChI=1S/C11H17NO3/c1-3-4-5-6-12(2)10(13)8-7-9(8)11(14)15/h3,8-9H,1,4-7H2,2H3,(H,14,15). The van der Waals surface area contributed by atoms with Crippen LogP contribution in [0.5, 0.6) is 0 Å². The van der Waals surface area contributed by atoms with Crippen LogP contribution < -0.4 is 0 Å². The van der Waals surface area contributed by atoms with Gasteiger partial charge in [0.2, 0.25) is 5.91 Å². The van der Waals surface area contributed by atoms with Crippen molar-refractivity contribution >= 4 is 11.9 Å². The summed E-state index contributed by atoms with van der Waals surface area (Å²) in [5.74, 6) is -1.62. The number of allylic oxidation sites excluding steroid dienone is 1. The highest BCUT2D eigenvalue weighted by atomic mass is 16.4. The Hall–Kier alpha value is -1.32. The smallest absolute Gasteiger partial charge is 0.307 e. The van der Waals surface area contributed by atoms with Gasteiger partial charge in [0.05, 0.1) is 11.8 Å². The third kappa shape index (κ3) is 3.08. The largest absolute Gasteiger partial charge is 0.481 e. The minimum atomic E-state index is -0.854. The minimum absolute atomic E-state index is 0.0357. The van der Waals surface area contributed by atoms with Crippen molar-refractivity contribution in [3.05, 3.63) is 12.7 Å².